The molecule has 0 aliphatic heterocycles. The van der Waals surface area contributed by atoms with Gasteiger partial charge in [0, 0.05) is 26.7 Å². The molecule has 1 atom stereocenters. The highest BCUT2D eigenvalue weighted by Gasteiger charge is 2.23. The minimum atomic E-state index is -3.63. The van der Waals surface area contributed by atoms with E-state index in [4.69, 9.17) is 10.00 Å². The quantitative estimate of drug-likeness (QED) is 0.738. The molecule has 21 heavy (non-hydrogen) atoms. The molecule has 1 unspecified atom stereocenters. The van der Waals surface area contributed by atoms with E-state index in [1.807, 2.05) is 6.07 Å². The number of ether oxygens (including phenoxy) is 1. The predicted molar refractivity (Wildman–Crippen MR) is 78.9 cm³/mol. The van der Waals surface area contributed by atoms with Crippen LogP contribution >= 0.6 is 0 Å². The molecule has 0 aromatic heterocycles. The third kappa shape index (κ3) is 6.23. The SMILES string of the molecule is COCCC(C)(O)CNS(=O)(=O)Cc1ccccc1C#N. The Balaban J connectivity index is 2.69. The average Bonchev–Trinajstić information content (AvgIpc) is 2.44. The Morgan fingerprint density at radius 3 is 2.71 bits per heavy atom. The Morgan fingerprint density at radius 1 is 1.43 bits per heavy atom. The third-order valence-corrected chi connectivity index (χ3v) is 4.28. The number of nitriles is 1. The van der Waals surface area contributed by atoms with E-state index in [9.17, 15) is 13.5 Å². The van der Waals surface area contributed by atoms with Gasteiger partial charge in [-0.3, -0.25) is 0 Å². The van der Waals surface area contributed by atoms with Crippen LogP contribution < -0.4 is 4.72 Å². The lowest BCUT2D eigenvalue weighted by atomic mass is 10.0. The second-order valence-electron chi connectivity index (χ2n) is 5.09. The van der Waals surface area contributed by atoms with Crippen molar-refractivity contribution in [1.29, 1.82) is 5.26 Å². The van der Waals surface area contributed by atoms with E-state index >= 15 is 0 Å². The molecule has 0 saturated heterocycles. The molecule has 1 aromatic rings. The fraction of sp³-hybridized carbons (Fsp3) is 0.500. The summed E-state index contributed by atoms with van der Waals surface area (Å²) >= 11 is 0. The van der Waals surface area contributed by atoms with E-state index in [0.717, 1.165) is 0 Å². The smallest absolute Gasteiger partial charge is 0.215 e. The van der Waals surface area contributed by atoms with Gasteiger partial charge < -0.3 is 9.84 Å². The molecule has 6 nitrogen and oxygen atoms in total. The summed E-state index contributed by atoms with van der Waals surface area (Å²) < 4.78 is 31.3. The van der Waals surface area contributed by atoms with Gasteiger partial charge in [-0.05, 0) is 18.6 Å². The van der Waals surface area contributed by atoms with E-state index in [2.05, 4.69) is 4.72 Å². The van der Waals surface area contributed by atoms with Crippen LogP contribution in [0.15, 0.2) is 24.3 Å². The van der Waals surface area contributed by atoms with Crippen molar-refractivity contribution in [1.82, 2.24) is 4.72 Å². The zero-order valence-corrected chi connectivity index (χ0v) is 13.0. The van der Waals surface area contributed by atoms with Gasteiger partial charge in [0.1, 0.15) is 0 Å². The fourth-order valence-corrected chi connectivity index (χ4v) is 2.98. The van der Waals surface area contributed by atoms with Crippen molar-refractivity contribution in [3.8, 4) is 6.07 Å². The van der Waals surface area contributed by atoms with Gasteiger partial charge in [-0.15, -0.1) is 0 Å². The number of rotatable bonds is 8. The summed E-state index contributed by atoms with van der Waals surface area (Å²) in [5.74, 6) is -0.295. The molecule has 7 heteroatoms. The van der Waals surface area contributed by atoms with Crippen LogP contribution in [0.4, 0.5) is 0 Å². The monoisotopic (exact) mass is 312 g/mol. The maximum Gasteiger partial charge on any atom is 0.215 e. The molecule has 0 saturated carbocycles. The Bertz CT molecular complexity index is 606. The second kappa shape index (κ2) is 7.52. The lowest BCUT2D eigenvalue weighted by Crippen LogP contribution is -2.41. The number of nitrogens with zero attached hydrogens (tertiary/aromatic N) is 1. The molecule has 0 aliphatic carbocycles. The Labute approximate surface area is 125 Å². The first-order valence-electron chi connectivity index (χ1n) is 6.46. The molecule has 0 fully saturated rings. The average molecular weight is 312 g/mol. The number of sulfonamides is 1. The molecule has 0 aliphatic rings. The summed E-state index contributed by atoms with van der Waals surface area (Å²) in [6.45, 7) is 1.77. The van der Waals surface area contributed by atoms with Gasteiger partial charge in [0.25, 0.3) is 0 Å². The molecule has 0 amide bonds. The zero-order chi connectivity index (χ0) is 15.9. The topological polar surface area (TPSA) is 99.4 Å². The normalized spacial score (nSPS) is 14.4. The van der Waals surface area contributed by atoms with Crippen LogP contribution in [0.1, 0.15) is 24.5 Å². The van der Waals surface area contributed by atoms with Gasteiger partial charge in [-0.25, -0.2) is 13.1 Å². The summed E-state index contributed by atoms with van der Waals surface area (Å²) in [5, 5.41) is 19.0. The van der Waals surface area contributed by atoms with Gasteiger partial charge in [0.05, 0.1) is 23.0 Å². The molecule has 1 aromatic carbocycles. The number of aliphatic hydroxyl groups is 1. The second-order valence-corrected chi connectivity index (χ2v) is 6.90. The molecule has 0 bridgehead atoms. The molecule has 0 spiro atoms. The van der Waals surface area contributed by atoms with Crippen molar-refractivity contribution in [2.75, 3.05) is 20.3 Å². The maximum absolute atomic E-state index is 12.0. The van der Waals surface area contributed by atoms with Gasteiger partial charge in [0.15, 0.2) is 0 Å². The van der Waals surface area contributed by atoms with Gasteiger partial charge in [-0.1, -0.05) is 18.2 Å². The van der Waals surface area contributed by atoms with Crippen molar-refractivity contribution < 1.29 is 18.3 Å². The fourth-order valence-electron chi connectivity index (χ4n) is 1.69. The van der Waals surface area contributed by atoms with Crippen LogP contribution in [0, 0.1) is 11.3 Å². The standard InChI is InChI=1S/C14H20N2O4S/c1-14(17,7-8-20-2)11-16-21(18,19)10-13-6-4-3-5-12(13)9-15/h3-6,16-17H,7-8,10-11H2,1-2H3. The minimum absolute atomic E-state index is 0.104. The first-order valence-corrected chi connectivity index (χ1v) is 8.11. The molecule has 1 rings (SSSR count). The molecular weight excluding hydrogens is 292 g/mol. The minimum Gasteiger partial charge on any atom is -0.389 e. The first-order chi connectivity index (χ1) is 9.79. The Hall–Kier alpha value is -1.46. The summed E-state index contributed by atoms with van der Waals surface area (Å²) in [4.78, 5) is 0. The third-order valence-electron chi connectivity index (χ3n) is 3.00. The highest BCUT2D eigenvalue weighted by molar-refractivity contribution is 7.88. The van der Waals surface area contributed by atoms with Crippen molar-refractivity contribution in [2.24, 2.45) is 0 Å². The van der Waals surface area contributed by atoms with Crippen LogP contribution in [-0.4, -0.2) is 39.4 Å². The van der Waals surface area contributed by atoms with Crippen molar-refractivity contribution in [3.63, 3.8) is 0 Å². The molecule has 0 heterocycles. The van der Waals surface area contributed by atoms with E-state index in [-0.39, 0.29) is 12.3 Å². The number of hydrogen-bond acceptors (Lipinski definition) is 5. The first kappa shape index (κ1) is 17.6. The van der Waals surface area contributed by atoms with E-state index in [1.165, 1.54) is 14.0 Å². The number of nitrogens with one attached hydrogen (secondary N) is 1. The number of benzene rings is 1. The van der Waals surface area contributed by atoms with Crippen molar-refractivity contribution in [2.45, 2.75) is 24.7 Å². The molecule has 2 N–H and O–H groups in total. The molecular formula is C14H20N2O4S. The Morgan fingerprint density at radius 2 is 2.10 bits per heavy atom. The highest BCUT2D eigenvalue weighted by atomic mass is 32.2. The highest BCUT2D eigenvalue weighted by Crippen LogP contribution is 2.12. The lowest BCUT2D eigenvalue weighted by Gasteiger charge is -2.23. The van der Waals surface area contributed by atoms with Crippen molar-refractivity contribution >= 4 is 10.0 Å². The van der Waals surface area contributed by atoms with E-state index in [1.54, 1.807) is 24.3 Å². The van der Waals surface area contributed by atoms with Crippen LogP contribution in [0.3, 0.4) is 0 Å². The molecule has 0 radical (unpaired) electrons. The van der Waals surface area contributed by atoms with Crippen molar-refractivity contribution in [3.05, 3.63) is 35.4 Å². The van der Waals surface area contributed by atoms with Crippen LogP contribution in [0.2, 0.25) is 0 Å². The number of hydrogen-bond donors (Lipinski definition) is 2. The van der Waals surface area contributed by atoms with Gasteiger partial charge in [0.2, 0.25) is 10.0 Å². The summed E-state index contributed by atoms with van der Waals surface area (Å²) in [7, 11) is -2.11. The van der Waals surface area contributed by atoms with E-state index in [0.29, 0.717) is 24.2 Å². The maximum atomic E-state index is 12.0. The summed E-state index contributed by atoms with van der Waals surface area (Å²) in [6.07, 6.45) is 0.320. The lowest BCUT2D eigenvalue weighted by molar-refractivity contribution is 0.0292. The largest absolute Gasteiger partial charge is 0.389 e. The zero-order valence-electron chi connectivity index (χ0n) is 12.2. The van der Waals surface area contributed by atoms with Crippen LogP contribution in [-0.2, 0) is 20.5 Å². The van der Waals surface area contributed by atoms with Crippen LogP contribution in [0.25, 0.3) is 0 Å². The summed E-state index contributed by atoms with van der Waals surface area (Å²) in [5.41, 5.74) is -0.421. The van der Waals surface area contributed by atoms with Crippen LogP contribution in [0.5, 0.6) is 0 Å². The van der Waals surface area contributed by atoms with Gasteiger partial charge in [-0.2, -0.15) is 5.26 Å². The van der Waals surface area contributed by atoms with E-state index < -0.39 is 15.6 Å². The van der Waals surface area contributed by atoms with Gasteiger partial charge >= 0.3 is 0 Å². The molecule has 116 valence electrons. The number of methoxy groups -OCH3 is 1. The summed E-state index contributed by atoms with van der Waals surface area (Å²) in [6, 6.07) is 8.49. The predicted octanol–water partition coefficient (Wildman–Crippen LogP) is 0.765. The Kier molecular flexibility index (Phi) is 6.30.